The van der Waals surface area contributed by atoms with Gasteiger partial charge >= 0.3 is 0 Å². The van der Waals surface area contributed by atoms with Crippen LogP contribution in [0.5, 0.6) is 11.5 Å². The van der Waals surface area contributed by atoms with E-state index in [-0.39, 0.29) is 18.2 Å². The topological polar surface area (TPSA) is 73.6 Å². The van der Waals surface area contributed by atoms with E-state index in [4.69, 9.17) is 15.2 Å². The van der Waals surface area contributed by atoms with Gasteiger partial charge in [-0.25, -0.2) is 0 Å². The highest BCUT2D eigenvalue weighted by molar-refractivity contribution is 5.79. The Morgan fingerprint density at radius 2 is 2.00 bits per heavy atom. The summed E-state index contributed by atoms with van der Waals surface area (Å²) in [6, 6.07) is 5.61. The van der Waals surface area contributed by atoms with Crippen molar-refractivity contribution in [2.75, 3.05) is 13.3 Å². The average Bonchev–Trinajstić information content (AvgIpc) is 3.07. The molecule has 2 aliphatic rings. The molecule has 0 spiro atoms. The maximum Gasteiger partial charge on any atom is 0.231 e. The van der Waals surface area contributed by atoms with Crippen molar-refractivity contribution in [3.05, 3.63) is 23.8 Å². The second kappa shape index (κ2) is 5.32. The fourth-order valence-electron chi connectivity index (χ4n) is 3.01. The van der Waals surface area contributed by atoms with Crippen LogP contribution in [0.1, 0.15) is 31.2 Å². The van der Waals surface area contributed by atoms with Gasteiger partial charge in [-0.05, 0) is 30.5 Å². The van der Waals surface area contributed by atoms with Crippen LogP contribution < -0.4 is 20.5 Å². The SMILES string of the molecule is NCC1(NC(=O)Cc2ccc3c(c2)OCO3)CCCC1. The zero-order valence-corrected chi connectivity index (χ0v) is 11.5. The largest absolute Gasteiger partial charge is 0.454 e. The van der Waals surface area contributed by atoms with E-state index in [1.165, 1.54) is 0 Å². The molecule has 3 rings (SSSR count). The predicted molar refractivity (Wildman–Crippen MR) is 74.7 cm³/mol. The Balaban J connectivity index is 1.64. The molecule has 20 heavy (non-hydrogen) atoms. The number of carbonyl (C=O) groups excluding carboxylic acids is 1. The van der Waals surface area contributed by atoms with Gasteiger partial charge in [0, 0.05) is 6.54 Å². The number of nitrogens with two attached hydrogens (primary N) is 1. The zero-order valence-electron chi connectivity index (χ0n) is 11.5. The highest BCUT2D eigenvalue weighted by atomic mass is 16.7. The van der Waals surface area contributed by atoms with Crippen LogP contribution in [0.4, 0.5) is 0 Å². The van der Waals surface area contributed by atoms with E-state index < -0.39 is 0 Å². The molecule has 108 valence electrons. The summed E-state index contributed by atoms with van der Waals surface area (Å²) >= 11 is 0. The highest BCUT2D eigenvalue weighted by Crippen LogP contribution is 2.33. The van der Waals surface area contributed by atoms with Crippen molar-refractivity contribution in [1.82, 2.24) is 5.32 Å². The van der Waals surface area contributed by atoms with Crippen LogP contribution in [0.3, 0.4) is 0 Å². The van der Waals surface area contributed by atoms with Gasteiger partial charge in [0.05, 0.1) is 12.0 Å². The summed E-state index contributed by atoms with van der Waals surface area (Å²) in [5, 5.41) is 3.12. The summed E-state index contributed by atoms with van der Waals surface area (Å²) in [6.45, 7) is 0.765. The Hall–Kier alpha value is -1.75. The molecule has 1 amide bonds. The van der Waals surface area contributed by atoms with Gasteiger partial charge < -0.3 is 20.5 Å². The molecule has 1 aromatic rings. The van der Waals surface area contributed by atoms with E-state index in [0.717, 1.165) is 37.0 Å². The monoisotopic (exact) mass is 276 g/mol. The van der Waals surface area contributed by atoms with E-state index >= 15 is 0 Å². The molecule has 3 N–H and O–H groups in total. The van der Waals surface area contributed by atoms with E-state index in [1.807, 2.05) is 18.2 Å². The van der Waals surface area contributed by atoms with Gasteiger partial charge in [0.25, 0.3) is 0 Å². The van der Waals surface area contributed by atoms with Gasteiger partial charge in [-0.1, -0.05) is 18.9 Å². The van der Waals surface area contributed by atoms with Crippen LogP contribution in [-0.4, -0.2) is 24.8 Å². The van der Waals surface area contributed by atoms with E-state index in [1.54, 1.807) is 0 Å². The molecule has 0 unspecified atom stereocenters. The minimum absolute atomic E-state index is 0.0243. The minimum Gasteiger partial charge on any atom is -0.454 e. The third-order valence-corrected chi connectivity index (χ3v) is 4.16. The van der Waals surface area contributed by atoms with Gasteiger partial charge in [0.2, 0.25) is 12.7 Å². The molecule has 0 atom stereocenters. The van der Waals surface area contributed by atoms with Crippen LogP contribution in [0.15, 0.2) is 18.2 Å². The Kier molecular flexibility index (Phi) is 3.53. The molecule has 0 bridgehead atoms. The van der Waals surface area contributed by atoms with Crippen molar-refractivity contribution in [2.45, 2.75) is 37.6 Å². The van der Waals surface area contributed by atoms with Crippen LogP contribution >= 0.6 is 0 Å². The number of hydrogen-bond acceptors (Lipinski definition) is 4. The molecule has 5 nitrogen and oxygen atoms in total. The molecular formula is C15H20N2O3. The lowest BCUT2D eigenvalue weighted by molar-refractivity contribution is -0.122. The van der Waals surface area contributed by atoms with Crippen molar-refractivity contribution in [3.8, 4) is 11.5 Å². The average molecular weight is 276 g/mol. The van der Waals surface area contributed by atoms with Crippen LogP contribution in [0.25, 0.3) is 0 Å². The molecule has 5 heteroatoms. The summed E-state index contributed by atoms with van der Waals surface area (Å²) in [5.74, 6) is 1.48. The lowest BCUT2D eigenvalue weighted by Crippen LogP contribution is -2.52. The standard InChI is InChI=1S/C15H20N2O3/c16-9-15(5-1-2-6-15)17-14(18)8-11-3-4-12-13(7-11)20-10-19-12/h3-4,7H,1-2,5-6,8-10,16H2,(H,17,18). The molecule has 0 saturated heterocycles. The maximum atomic E-state index is 12.2. The van der Waals surface area contributed by atoms with Crippen LogP contribution in [0.2, 0.25) is 0 Å². The van der Waals surface area contributed by atoms with Crippen LogP contribution in [-0.2, 0) is 11.2 Å². The first-order valence-corrected chi connectivity index (χ1v) is 7.10. The number of amides is 1. The first-order chi connectivity index (χ1) is 9.71. The summed E-state index contributed by atoms with van der Waals surface area (Å²) in [7, 11) is 0. The Morgan fingerprint density at radius 3 is 2.75 bits per heavy atom. The third kappa shape index (κ3) is 2.58. The number of fused-ring (bicyclic) bond motifs is 1. The Bertz CT molecular complexity index is 510. The number of benzene rings is 1. The summed E-state index contributed by atoms with van der Waals surface area (Å²) in [4.78, 5) is 12.2. The fraction of sp³-hybridized carbons (Fsp3) is 0.533. The normalized spacial score (nSPS) is 19.1. The number of rotatable bonds is 4. The van der Waals surface area contributed by atoms with E-state index in [9.17, 15) is 4.79 Å². The smallest absolute Gasteiger partial charge is 0.231 e. The molecule has 1 aliphatic heterocycles. The van der Waals surface area contributed by atoms with E-state index in [0.29, 0.717) is 18.7 Å². The number of carbonyl (C=O) groups is 1. The first-order valence-electron chi connectivity index (χ1n) is 7.10. The molecule has 0 radical (unpaired) electrons. The summed E-state index contributed by atoms with van der Waals surface area (Å²) in [5.41, 5.74) is 6.57. The van der Waals surface area contributed by atoms with E-state index in [2.05, 4.69) is 5.32 Å². The lowest BCUT2D eigenvalue weighted by Gasteiger charge is -2.28. The molecule has 1 heterocycles. The number of ether oxygens (including phenoxy) is 2. The Morgan fingerprint density at radius 1 is 1.25 bits per heavy atom. The van der Waals surface area contributed by atoms with Gasteiger partial charge in [-0.15, -0.1) is 0 Å². The van der Waals surface area contributed by atoms with Crippen molar-refractivity contribution in [2.24, 2.45) is 5.73 Å². The highest BCUT2D eigenvalue weighted by Gasteiger charge is 2.33. The summed E-state index contributed by atoms with van der Waals surface area (Å²) in [6.07, 6.45) is 4.59. The number of nitrogens with one attached hydrogen (secondary N) is 1. The van der Waals surface area contributed by atoms with Gasteiger partial charge in [-0.2, -0.15) is 0 Å². The lowest BCUT2D eigenvalue weighted by atomic mass is 9.97. The molecule has 1 aromatic carbocycles. The van der Waals surface area contributed by atoms with Crippen molar-refractivity contribution >= 4 is 5.91 Å². The maximum absolute atomic E-state index is 12.2. The van der Waals surface area contributed by atoms with Gasteiger partial charge in [0.1, 0.15) is 0 Å². The van der Waals surface area contributed by atoms with Crippen molar-refractivity contribution < 1.29 is 14.3 Å². The molecule has 1 fully saturated rings. The fourth-order valence-corrected chi connectivity index (χ4v) is 3.01. The van der Waals surface area contributed by atoms with Crippen molar-refractivity contribution in [1.29, 1.82) is 0 Å². The zero-order chi connectivity index (χ0) is 14.0. The first kappa shape index (κ1) is 13.2. The van der Waals surface area contributed by atoms with Gasteiger partial charge in [-0.3, -0.25) is 4.79 Å². The van der Waals surface area contributed by atoms with Gasteiger partial charge in [0.15, 0.2) is 11.5 Å². The number of hydrogen-bond donors (Lipinski definition) is 2. The molecule has 0 aromatic heterocycles. The summed E-state index contributed by atoms with van der Waals surface area (Å²) < 4.78 is 10.6. The predicted octanol–water partition coefficient (Wildman–Crippen LogP) is 1.35. The molecule has 1 aliphatic carbocycles. The third-order valence-electron chi connectivity index (χ3n) is 4.16. The second-order valence-corrected chi connectivity index (χ2v) is 5.60. The minimum atomic E-state index is -0.187. The molecular weight excluding hydrogens is 256 g/mol. The second-order valence-electron chi connectivity index (χ2n) is 5.60. The van der Waals surface area contributed by atoms with Crippen LogP contribution in [0, 0.1) is 0 Å². The molecule has 1 saturated carbocycles. The quantitative estimate of drug-likeness (QED) is 0.870. The Labute approximate surface area is 118 Å². The van der Waals surface area contributed by atoms with Crippen molar-refractivity contribution in [3.63, 3.8) is 0 Å².